The number of aryl methyl sites for hydroxylation is 1. The van der Waals surface area contributed by atoms with Crippen molar-refractivity contribution in [2.24, 2.45) is 5.73 Å². The summed E-state index contributed by atoms with van der Waals surface area (Å²) in [5, 5.41) is 8.82. The molecule has 0 amide bonds. The summed E-state index contributed by atoms with van der Waals surface area (Å²) in [7, 11) is 2.06. The first-order chi connectivity index (χ1) is 7.94. The molecule has 1 aromatic carbocycles. The molecule has 0 heterocycles. The van der Waals surface area contributed by atoms with Crippen LogP contribution in [0, 0.1) is 18.3 Å². The highest BCUT2D eigenvalue weighted by Gasteiger charge is 2.16. The first-order valence-corrected chi connectivity index (χ1v) is 5.92. The Labute approximate surface area is 104 Å². The van der Waals surface area contributed by atoms with Crippen LogP contribution in [0.3, 0.4) is 0 Å². The van der Waals surface area contributed by atoms with Crippen molar-refractivity contribution in [2.45, 2.75) is 32.2 Å². The second-order valence-electron chi connectivity index (χ2n) is 4.89. The van der Waals surface area contributed by atoms with Gasteiger partial charge in [0, 0.05) is 19.3 Å². The number of nitrogens with zero attached hydrogens (tertiary/aromatic N) is 2. The number of rotatable bonds is 5. The number of nitriles is 1. The van der Waals surface area contributed by atoms with E-state index in [-0.39, 0.29) is 0 Å². The van der Waals surface area contributed by atoms with Crippen molar-refractivity contribution in [1.29, 1.82) is 5.26 Å². The van der Waals surface area contributed by atoms with Gasteiger partial charge in [-0.15, -0.1) is 0 Å². The van der Waals surface area contributed by atoms with Gasteiger partial charge in [-0.25, -0.2) is 0 Å². The van der Waals surface area contributed by atoms with E-state index < -0.39 is 5.54 Å². The first kappa shape index (κ1) is 13.5. The molecule has 0 bridgehead atoms. The molecule has 0 radical (unpaired) electrons. The van der Waals surface area contributed by atoms with Crippen molar-refractivity contribution in [3.05, 3.63) is 29.8 Å². The number of benzene rings is 1. The monoisotopic (exact) mass is 231 g/mol. The zero-order chi connectivity index (χ0) is 12.9. The number of hydrogen-bond donors (Lipinski definition) is 1. The lowest BCUT2D eigenvalue weighted by molar-refractivity contribution is 0.522. The van der Waals surface area contributed by atoms with Crippen molar-refractivity contribution in [1.82, 2.24) is 0 Å². The summed E-state index contributed by atoms with van der Waals surface area (Å²) in [6.45, 7) is 4.78. The Morgan fingerprint density at radius 2 is 2.18 bits per heavy atom. The third kappa shape index (κ3) is 4.46. The highest BCUT2D eigenvalue weighted by Crippen LogP contribution is 2.16. The number of nitrogens with two attached hydrogens (primary N) is 1. The summed E-state index contributed by atoms with van der Waals surface area (Å²) in [5.41, 5.74) is 7.55. The van der Waals surface area contributed by atoms with Gasteiger partial charge in [-0.2, -0.15) is 5.26 Å². The molecule has 1 unspecified atom stereocenters. The van der Waals surface area contributed by atoms with Gasteiger partial charge in [-0.1, -0.05) is 12.1 Å². The summed E-state index contributed by atoms with van der Waals surface area (Å²) in [6.07, 6.45) is 1.64. The van der Waals surface area contributed by atoms with Gasteiger partial charge in [0.05, 0.1) is 6.07 Å². The molecule has 0 aromatic heterocycles. The molecule has 3 heteroatoms. The van der Waals surface area contributed by atoms with E-state index in [0.29, 0.717) is 0 Å². The van der Waals surface area contributed by atoms with Gasteiger partial charge in [0.15, 0.2) is 0 Å². The van der Waals surface area contributed by atoms with Crippen LogP contribution in [0.5, 0.6) is 0 Å². The minimum Gasteiger partial charge on any atom is -0.375 e. The third-order valence-electron chi connectivity index (χ3n) is 2.89. The molecule has 2 N–H and O–H groups in total. The molecule has 17 heavy (non-hydrogen) atoms. The standard InChI is InChI=1S/C14H21N3/c1-12-6-4-7-13(10-12)17(3)9-5-8-14(2,16)11-15/h4,6-7,10H,5,8-9,16H2,1-3H3. The average molecular weight is 231 g/mol. The second kappa shape index (κ2) is 5.70. The molecule has 3 nitrogen and oxygen atoms in total. The van der Waals surface area contributed by atoms with Crippen LogP contribution >= 0.6 is 0 Å². The van der Waals surface area contributed by atoms with Crippen LogP contribution in [-0.2, 0) is 0 Å². The van der Waals surface area contributed by atoms with E-state index in [9.17, 15) is 0 Å². The Hall–Kier alpha value is -1.53. The topological polar surface area (TPSA) is 53.0 Å². The summed E-state index contributed by atoms with van der Waals surface area (Å²) in [6, 6.07) is 10.5. The molecule has 1 atom stereocenters. The van der Waals surface area contributed by atoms with Crippen molar-refractivity contribution >= 4 is 5.69 Å². The van der Waals surface area contributed by atoms with Gasteiger partial charge in [0.25, 0.3) is 0 Å². The van der Waals surface area contributed by atoms with E-state index in [1.807, 2.05) is 0 Å². The quantitative estimate of drug-likeness (QED) is 0.847. The summed E-state index contributed by atoms with van der Waals surface area (Å²) in [5.74, 6) is 0. The van der Waals surface area contributed by atoms with Crippen LogP contribution in [0.1, 0.15) is 25.3 Å². The molecular weight excluding hydrogens is 210 g/mol. The van der Waals surface area contributed by atoms with Gasteiger partial charge in [-0.3, -0.25) is 0 Å². The molecule has 1 aromatic rings. The Morgan fingerprint density at radius 3 is 2.76 bits per heavy atom. The van der Waals surface area contributed by atoms with Crippen LogP contribution in [0.25, 0.3) is 0 Å². The fraction of sp³-hybridized carbons (Fsp3) is 0.500. The van der Waals surface area contributed by atoms with Crippen LogP contribution in [-0.4, -0.2) is 19.1 Å². The van der Waals surface area contributed by atoms with Crippen molar-refractivity contribution in [2.75, 3.05) is 18.5 Å². The minimum atomic E-state index is -0.701. The second-order valence-corrected chi connectivity index (χ2v) is 4.89. The highest BCUT2D eigenvalue weighted by molar-refractivity contribution is 5.47. The Balaban J connectivity index is 2.46. The van der Waals surface area contributed by atoms with Crippen molar-refractivity contribution < 1.29 is 0 Å². The minimum absolute atomic E-state index is 0.701. The normalized spacial score (nSPS) is 13.8. The average Bonchev–Trinajstić information content (AvgIpc) is 2.28. The van der Waals surface area contributed by atoms with Gasteiger partial charge in [-0.05, 0) is 44.4 Å². The molecule has 0 saturated heterocycles. The number of anilines is 1. The fourth-order valence-electron chi connectivity index (χ4n) is 1.73. The summed E-state index contributed by atoms with van der Waals surface area (Å²) >= 11 is 0. The molecule has 0 fully saturated rings. The maximum atomic E-state index is 8.82. The SMILES string of the molecule is Cc1cccc(N(C)CCCC(C)(N)C#N)c1. The lowest BCUT2D eigenvalue weighted by atomic mass is 9.99. The third-order valence-corrected chi connectivity index (χ3v) is 2.89. The lowest BCUT2D eigenvalue weighted by Gasteiger charge is -2.22. The maximum Gasteiger partial charge on any atom is 0.101 e. The largest absolute Gasteiger partial charge is 0.375 e. The zero-order valence-electron chi connectivity index (χ0n) is 10.9. The van der Waals surface area contributed by atoms with E-state index in [4.69, 9.17) is 11.0 Å². The predicted molar refractivity (Wildman–Crippen MR) is 71.9 cm³/mol. The number of hydrogen-bond acceptors (Lipinski definition) is 3. The summed E-state index contributed by atoms with van der Waals surface area (Å²) in [4.78, 5) is 2.19. The van der Waals surface area contributed by atoms with Crippen LogP contribution in [0.2, 0.25) is 0 Å². The maximum absolute atomic E-state index is 8.82. The first-order valence-electron chi connectivity index (χ1n) is 5.92. The molecule has 0 aliphatic carbocycles. The predicted octanol–water partition coefficient (Wildman–Crippen LogP) is 2.45. The van der Waals surface area contributed by atoms with Gasteiger partial charge < -0.3 is 10.6 Å². The fourth-order valence-corrected chi connectivity index (χ4v) is 1.73. The van der Waals surface area contributed by atoms with Crippen LogP contribution < -0.4 is 10.6 Å². The van der Waals surface area contributed by atoms with Crippen molar-refractivity contribution in [3.63, 3.8) is 0 Å². The Kier molecular flexibility index (Phi) is 4.53. The molecule has 1 rings (SSSR count). The summed E-state index contributed by atoms with van der Waals surface area (Å²) < 4.78 is 0. The lowest BCUT2D eigenvalue weighted by Crippen LogP contribution is -2.35. The molecule has 0 aliphatic rings. The molecule has 0 spiro atoms. The Morgan fingerprint density at radius 1 is 1.47 bits per heavy atom. The van der Waals surface area contributed by atoms with Gasteiger partial charge in [0.1, 0.15) is 5.54 Å². The van der Waals surface area contributed by atoms with Gasteiger partial charge >= 0.3 is 0 Å². The van der Waals surface area contributed by atoms with E-state index >= 15 is 0 Å². The molecule has 0 saturated carbocycles. The van der Waals surface area contributed by atoms with Gasteiger partial charge in [0.2, 0.25) is 0 Å². The molecule has 92 valence electrons. The smallest absolute Gasteiger partial charge is 0.101 e. The Bertz CT molecular complexity index is 404. The zero-order valence-corrected chi connectivity index (χ0v) is 10.9. The highest BCUT2D eigenvalue weighted by atomic mass is 15.1. The van der Waals surface area contributed by atoms with Crippen LogP contribution in [0.15, 0.2) is 24.3 Å². The van der Waals surface area contributed by atoms with E-state index in [2.05, 4.69) is 49.2 Å². The molecule has 0 aliphatic heterocycles. The van der Waals surface area contributed by atoms with Crippen molar-refractivity contribution in [3.8, 4) is 6.07 Å². The van der Waals surface area contributed by atoms with Crippen LogP contribution in [0.4, 0.5) is 5.69 Å². The van der Waals surface area contributed by atoms with E-state index in [0.717, 1.165) is 19.4 Å². The molecular formula is C14H21N3. The van der Waals surface area contributed by atoms with E-state index in [1.165, 1.54) is 11.3 Å². The van der Waals surface area contributed by atoms with E-state index in [1.54, 1.807) is 6.92 Å².